The molecule has 9 nitrogen and oxygen atoms in total. The molecular weight excluding hydrogens is 602 g/mol. The lowest BCUT2D eigenvalue weighted by molar-refractivity contribution is -0.177. The smallest absolute Gasteiger partial charge is 0.330 e. The number of aliphatic hydroxyl groups is 1. The second-order valence-corrected chi connectivity index (χ2v) is 12.6. The van der Waals surface area contributed by atoms with E-state index in [-0.39, 0.29) is 0 Å². The van der Waals surface area contributed by atoms with E-state index < -0.39 is 23.5 Å². The van der Waals surface area contributed by atoms with Crippen LogP contribution in [-0.4, -0.2) is 46.9 Å². The van der Waals surface area contributed by atoms with E-state index in [9.17, 15) is 9.90 Å². The summed E-state index contributed by atoms with van der Waals surface area (Å²) in [5, 5.41) is 15.6. The van der Waals surface area contributed by atoms with Crippen LogP contribution in [0.2, 0.25) is 0 Å². The van der Waals surface area contributed by atoms with Crippen LogP contribution in [0.4, 0.5) is 5.13 Å². The molecule has 0 aliphatic heterocycles. The molecule has 0 aliphatic rings. The lowest BCUT2D eigenvalue weighted by atomic mass is 9.92. The number of carbonyl (C=O) groups excluding carboxylic acids is 1. The van der Waals surface area contributed by atoms with E-state index in [2.05, 4.69) is 28.7 Å². The zero-order valence-electron chi connectivity index (χ0n) is 26.7. The zero-order valence-corrected chi connectivity index (χ0v) is 27.5. The highest BCUT2D eigenvalue weighted by Crippen LogP contribution is 2.30. The van der Waals surface area contributed by atoms with Crippen molar-refractivity contribution in [1.82, 2.24) is 4.98 Å². The molecule has 46 heavy (non-hydrogen) atoms. The number of fused-ring (bicyclic) bond motifs is 1. The van der Waals surface area contributed by atoms with Gasteiger partial charge in [0.25, 0.3) is 0 Å². The van der Waals surface area contributed by atoms with Gasteiger partial charge in [0.15, 0.2) is 6.29 Å². The van der Waals surface area contributed by atoms with Gasteiger partial charge in [0.05, 0.1) is 29.1 Å². The molecule has 0 radical (unpaired) electrons. The molecule has 4 aromatic rings. The van der Waals surface area contributed by atoms with Gasteiger partial charge in [-0.2, -0.15) is 5.10 Å². The minimum atomic E-state index is -1.17. The summed E-state index contributed by atoms with van der Waals surface area (Å²) in [4.78, 5) is 16.2. The van der Waals surface area contributed by atoms with Gasteiger partial charge in [0.1, 0.15) is 22.9 Å². The Labute approximate surface area is 273 Å². The van der Waals surface area contributed by atoms with Crippen molar-refractivity contribution in [2.75, 3.05) is 12.5 Å². The van der Waals surface area contributed by atoms with E-state index in [1.807, 2.05) is 68.4 Å². The van der Waals surface area contributed by atoms with E-state index in [1.54, 1.807) is 51.5 Å². The summed E-state index contributed by atoms with van der Waals surface area (Å²) in [5.41, 5.74) is 4.64. The molecule has 1 heterocycles. The van der Waals surface area contributed by atoms with Crippen LogP contribution in [0, 0.1) is 0 Å². The van der Waals surface area contributed by atoms with Crippen molar-refractivity contribution in [2.24, 2.45) is 5.10 Å². The number of ether oxygens (including phenoxy) is 4. The maximum atomic E-state index is 11.6. The number of methoxy groups -OCH3 is 1. The van der Waals surface area contributed by atoms with Crippen LogP contribution in [0.1, 0.15) is 50.8 Å². The molecule has 3 aromatic carbocycles. The van der Waals surface area contributed by atoms with Crippen molar-refractivity contribution in [3.63, 3.8) is 0 Å². The van der Waals surface area contributed by atoms with Gasteiger partial charge < -0.3 is 24.1 Å². The highest BCUT2D eigenvalue weighted by molar-refractivity contribution is 7.22. The van der Waals surface area contributed by atoms with Crippen LogP contribution < -0.4 is 14.9 Å². The predicted octanol–water partition coefficient (Wildman–Crippen LogP) is 7.83. The Bertz CT molecular complexity index is 1710. The molecule has 1 atom stereocenters. The Kier molecular flexibility index (Phi) is 11.1. The fourth-order valence-corrected chi connectivity index (χ4v) is 5.69. The van der Waals surface area contributed by atoms with Gasteiger partial charge in [0, 0.05) is 23.6 Å². The monoisotopic (exact) mass is 641 g/mol. The third-order valence-electron chi connectivity index (χ3n) is 6.63. The van der Waals surface area contributed by atoms with E-state index >= 15 is 0 Å². The number of rotatable bonds is 15. The molecule has 240 valence electrons. The molecule has 0 saturated heterocycles. The average Bonchev–Trinajstić information content (AvgIpc) is 3.42. The van der Waals surface area contributed by atoms with E-state index in [4.69, 9.17) is 18.9 Å². The normalized spacial score (nSPS) is 12.7. The number of hydrazone groups is 1. The SMILES string of the molecule is C=CC(=O)OC(C)(C)CC(C)(C)OC(O)/C=C/c1ccc(C(=C)Oc2ccc(OC)cc2/C=N/Nc2nc3ccccc3s2)cc1. The van der Waals surface area contributed by atoms with Gasteiger partial charge in [-0.15, -0.1) is 0 Å². The average molecular weight is 642 g/mol. The minimum Gasteiger partial charge on any atom is -0.497 e. The Hall–Kier alpha value is -4.77. The van der Waals surface area contributed by atoms with Gasteiger partial charge in [-0.1, -0.05) is 67.0 Å². The third kappa shape index (κ3) is 9.87. The van der Waals surface area contributed by atoms with Crippen LogP contribution in [0.5, 0.6) is 11.5 Å². The minimum absolute atomic E-state index is 0.364. The largest absolute Gasteiger partial charge is 0.497 e. The van der Waals surface area contributed by atoms with Crippen LogP contribution in [0.25, 0.3) is 22.1 Å². The standard InChI is InChI=1S/C36H39N3O6S/c1-8-32(40)44-35(3,4)23-36(5,6)45-33(41)20-15-25-13-16-26(17-14-25)24(2)43-30-19-18-28(42-7)21-27(30)22-37-39-34-38-29-11-9-10-12-31(29)46-34/h8-22,33,41H,1-2,23H2,3-7H3,(H,38,39)/b20-15+,37-22+. The number of anilines is 1. The molecule has 1 unspecified atom stereocenters. The summed E-state index contributed by atoms with van der Waals surface area (Å²) < 4.78 is 23.8. The summed E-state index contributed by atoms with van der Waals surface area (Å²) in [6.45, 7) is 14.8. The van der Waals surface area contributed by atoms with Crippen molar-refractivity contribution in [3.8, 4) is 11.5 Å². The first kappa shape index (κ1) is 34.1. The lowest BCUT2D eigenvalue weighted by Gasteiger charge is -2.35. The second kappa shape index (κ2) is 15.0. The molecule has 10 heteroatoms. The summed E-state index contributed by atoms with van der Waals surface area (Å²) in [7, 11) is 1.60. The van der Waals surface area contributed by atoms with Gasteiger partial charge in [-0.3, -0.25) is 5.43 Å². The van der Waals surface area contributed by atoms with Crippen molar-refractivity contribution in [2.45, 2.75) is 51.6 Å². The Morgan fingerprint density at radius 2 is 1.83 bits per heavy atom. The second-order valence-electron chi connectivity index (χ2n) is 11.6. The van der Waals surface area contributed by atoms with Crippen molar-refractivity contribution < 1.29 is 28.8 Å². The molecule has 0 amide bonds. The van der Waals surface area contributed by atoms with Gasteiger partial charge in [-0.05, 0) is 69.7 Å². The quantitative estimate of drug-likeness (QED) is 0.0338. The Morgan fingerprint density at radius 1 is 1.09 bits per heavy atom. The van der Waals surface area contributed by atoms with Gasteiger partial charge in [-0.25, -0.2) is 9.78 Å². The number of aromatic nitrogens is 1. The summed E-state index contributed by atoms with van der Waals surface area (Å²) in [6.07, 6.45) is 5.27. The Morgan fingerprint density at radius 3 is 2.52 bits per heavy atom. The first-order chi connectivity index (χ1) is 21.9. The lowest BCUT2D eigenvalue weighted by Crippen LogP contribution is -2.40. The highest BCUT2D eigenvalue weighted by atomic mass is 32.1. The molecule has 1 aromatic heterocycles. The molecular formula is C36H39N3O6S. The van der Waals surface area contributed by atoms with Crippen LogP contribution >= 0.6 is 11.3 Å². The highest BCUT2D eigenvalue weighted by Gasteiger charge is 2.33. The predicted molar refractivity (Wildman–Crippen MR) is 185 cm³/mol. The molecule has 0 spiro atoms. The molecule has 4 rings (SSSR count). The number of thiazole rings is 1. The molecule has 0 saturated carbocycles. The van der Waals surface area contributed by atoms with Gasteiger partial charge >= 0.3 is 5.97 Å². The maximum Gasteiger partial charge on any atom is 0.330 e. The van der Waals surface area contributed by atoms with Gasteiger partial charge in [0.2, 0.25) is 5.13 Å². The third-order valence-corrected chi connectivity index (χ3v) is 7.57. The topological polar surface area (TPSA) is 112 Å². The summed E-state index contributed by atoms with van der Waals surface area (Å²) >= 11 is 1.52. The number of carbonyl (C=O) groups is 1. The number of nitrogens with one attached hydrogen (secondary N) is 1. The number of benzene rings is 3. The summed E-state index contributed by atoms with van der Waals surface area (Å²) in [5.74, 6) is 1.14. The number of nitrogens with zero attached hydrogens (tertiary/aromatic N) is 2. The number of esters is 1. The van der Waals surface area contributed by atoms with E-state index in [1.165, 1.54) is 11.3 Å². The van der Waals surface area contributed by atoms with Crippen molar-refractivity contribution >= 4 is 50.7 Å². The first-order valence-corrected chi connectivity index (χ1v) is 15.4. The van der Waals surface area contributed by atoms with Crippen molar-refractivity contribution in [1.29, 1.82) is 0 Å². The van der Waals surface area contributed by atoms with Crippen LogP contribution in [0.3, 0.4) is 0 Å². The fraction of sp³-hybridized carbons (Fsp3) is 0.250. The first-order valence-electron chi connectivity index (χ1n) is 14.6. The van der Waals surface area contributed by atoms with E-state index in [0.29, 0.717) is 34.4 Å². The number of hydrogen-bond donors (Lipinski definition) is 2. The van der Waals surface area contributed by atoms with E-state index in [0.717, 1.165) is 27.4 Å². The number of hydrogen-bond acceptors (Lipinski definition) is 10. The maximum absolute atomic E-state index is 11.6. The zero-order chi connectivity index (χ0) is 33.3. The number of aliphatic hydroxyl groups excluding tert-OH is 1. The Balaban J connectivity index is 1.36. The fourth-order valence-electron chi connectivity index (χ4n) is 4.87. The molecule has 0 aliphatic carbocycles. The van der Waals surface area contributed by atoms with Crippen LogP contribution in [0.15, 0.2) is 97.1 Å². The summed E-state index contributed by atoms with van der Waals surface area (Å²) in [6, 6.07) is 20.8. The molecule has 0 fully saturated rings. The van der Waals surface area contributed by atoms with Crippen molar-refractivity contribution in [3.05, 3.63) is 109 Å². The van der Waals surface area contributed by atoms with Crippen LogP contribution in [-0.2, 0) is 14.3 Å². The molecule has 0 bridgehead atoms. The molecule has 2 N–H and O–H groups in total. The number of para-hydroxylation sites is 1.